The molecule has 0 atom stereocenters. The van der Waals surface area contributed by atoms with Gasteiger partial charge in [-0.25, -0.2) is 4.79 Å². The molecule has 0 saturated heterocycles. The van der Waals surface area contributed by atoms with Crippen LogP contribution < -0.4 is 10.6 Å². The molecule has 0 spiro atoms. The van der Waals surface area contributed by atoms with Gasteiger partial charge in [0.2, 0.25) is 5.91 Å². The number of thioether (sulfide) groups is 1. The van der Waals surface area contributed by atoms with E-state index in [2.05, 4.69) is 20.8 Å². The van der Waals surface area contributed by atoms with Crippen LogP contribution in [0.5, 0.6) is 0 Å². The molecule has 0 fully saturated rings. The molecule has 0 aliphatic carbocycles. The van der Waals surface area contributed by atoms with Gasteiger partial charge in [-0.05, 0) is 31.4 Å². The Morgan fingerprint density at radius 1 is 1.20 bits per heavy atom. The lowest BCUT2D eigenvalue weighted by atomic mass is 10.2. The van der Waals surface area contributed by atoms with E-state index in [0.29, 0.717) is 17.6 Å². The summed E-state index contributed by atoms with van der Waals surface area (Å²) < 4.78 is 1.91. The minimum absolute atomic E-state index is 0.0825. The molecule has 0 bridgehead atoms. The largest absolute Gasteiger partial charge is 0.338 e. The van der Waals surface area contributed by atoms with E-state index in [1.165, 1.54) is 11.8 Å². The molecule has 1 aromatic carbocycles. The molecule has 2 aromatic rings. The number of hydrogen-bond donors (Lipinski definition) is 2. The van der Waals surface area contributed by atoms with Gasteiger partial charge in [-0.3, -0.25) is 14.7 Å². The minimum Gasteiger partial charge on any atom is -0.338 e. The fourth-order valence-corrected chi connectivity index (χ4v) is 2.95. The molecular formula is C17H23N5O2S. The summed E-state index contributed by atoms with van der Waals surface area (Å²) in [4.78, 5) is 23.6. The highest BCUT2D eigenvalue weighted by molar-refractivity contribution is 7.99. The Balaban J connectivity index is 1.99. The first kappa shape index (κ1) is 19.0. The van der Waals surface area contributed by atoms with E-state index in [9.17, 15) is 9.59 Å². The maximum Gasteiger partial charge on any atom is 0.321 e. The van der Waals surface area contributed by atoms with E-state index in [1.54, 1.807) is 0 Å². The number of imide groups is 1. The molecule has 0 aliphatic heterocycles. The van der Waals surface area contributed by atoms with Crippen LogP contribution in [0.2, 0.25) is 0 Å². The fourth-order valence-electron chi connectivity index (χ4n) is 2.16. The van der Waals surface area contributed by atoms with Gasteiger partial charge in [-0.1, -0.05) is 43.8 Å². The molecule has 0 saturated carbocycles. The van der Waals surface area contributed by atoms with Crippen LogP contribution in [0.4, 0.5) is 4.79 Å². The fraction of sp³-hybridized carbons (Fsp3) is 0.412. The molecule has 0 unspecified atom stereocenters. The molecular weight excluding hydrogens is 338 g/mol. The summed E-state index contributed by atoms with van der Waals surface area (Å²) in [6.07, 6.45) is 0. The highest BCUT2D eigenvalue weighted by Crippen LogP contribution is 2.23. The summed E-state index contributed by atoms with van der Waals surface area (Å²) in [6, 6.07) is 7.43. The number of urea groups is 1. The summed E-state index contributed by atoms with van der Waals surface area (Å²) in [5.41, 5.74) is 2.06. The number of carbonyl (C=O) groups excluding carboxylic acids is 2. The predicted octanol–water partition coefficient (Wildman–Crippen LogP) is 2.46. The molecule has 7 nitrogen and oxygen atoms in total. The average Bonchev–Trinajstić information content (AvgIpc) is 2.92. The predicted molar refractivity (Wildman–Crippen MR) is 97.9 cm³/mol. The van der Waals surface area contributed by atoms with Gasteiger partial charge in [-0.15, -0.1) is 10.2 Å². The summed E-state index contributed by atoms with van der Waals surface area (Å²) in [5.74, 6) is 0.778. The smallest absolute Gasteiger partial charge is 0.321 e. The third kappa shape index (κ3) is 5.32. The number of benzene rings is 1. The Morgan fingerprint density at radius 2 is 1.92 bits per heavy atom. The standard InChI is InChI=1S/C17H23N5O2S/c1-11(2)9-18-16(24)19-15(23)10-25-17-21-20-13(4)22(17)14-8-6-5-7-12(14)3/h5-8,11H,9-10H2,1-4H3,(H2,18,19,23,24). The zero-order valence-corrected chi connectivity index (χ0v) is 15.7. The quantitative estimate of drug-likeness (QED) is 0.772. The number of aromatic nitrogens is 3. The van der Waals surface area contributed by atoms with Gasteiger partial charge in [-0.2, -0.15) is 0 Å². The van der Waals surface area contributed by atoms with Crippen molar-refractivity contribution in [3.8, 4) is 5.69 Å². The van der Waals surface area contributed by atoms with Crippen molar-refractivity contribution in [2.75, 3.05) is 12.3 Å². The summed E-state index contributed by atoms with van der Waals surface area (Å²) in [7, 11) is 0. The normalized spacial score (nSPS) is 10.8. The van der Waals surface area contributed by atoms with Crippen LogP contribution in [0, 0.1) is 19.8 Å². The Labute approximate surface area is 151 Å². The molecule has 3 amide bonds. The Hall–Kier alpha value is -2.35. The van der Waals surface area contributed by atoms with Gasteiger partial charge >= 0.3 is 6.03 Å². The summed E-state index contributed by atoms with van der Waals surface area (Å²) in [5, 5.41) is 13.8. The Morgan fingerprint density at radius 3 is 2.60 bits per heavy atom. The number of nitrogens with zero attached hydrogens (tertiary/aromatic N) is 3. The Kier molecular flexibility index (Phi) is 6.58. The number of nitrogens with one attached hydrogen (secondary N) is 2. The van der Waals surface area contributed by atoms with Crippen LogP contribution in [0.1, 0.15) is 25.2 Å². The first-order chi connectivity index (χ1) is 11.9. The molecule has 0 aliphatic rings. The first-order valence-electron chi connectivity index (χ1n) is 8.07. The number of rotatable bonds is 6. The molecule has 0 radical (unpaired) electrons. The van der Waals surface area contributed by atoms with Gasteiger partial charge in [0.05, 0.1) is 11.4 Å². The van der Waals surface area contributed by atoms with Crippen LogP contribution in [0.25, 0.3) is 5.69 Å². The zero-order chi connectivity index (χ0) is 18.4. The molecule has 1 heterocycles. The van der Waals surface area contributed by atoms with E-state index in [0.717, 1.165) is 17.1 Å². The third-order valence-electron chi connectivity index (χ3n) is 3.41. The van der Waals surface area contributed by atoms with Gasteiger partial charge in [0, 0.05) is 6.54 Å². The summed E-state index contributed by atoms with van der Waals surface area (Å²) >= 11 is 1.24. The SMILES string of the molecule is Cc1ccccc1-n1c(C)nnc1SCC(=O)NC(=O)NCC(C)C. The Bertz CT molecular complexity index is 757. The molecule has 134 valence electrons. The van der Waals surface area contributed by atoms with E-state index in [4.69, 9.17) is 0 Å². The van der Waals surface area contributed by atoms with Gasteiger partial charge in [0.15, 0.2) is 5.16 Å². The monoisotopic (exact) mass is 361 g/mol. The second-order valence-corrected chi connectivity index (χ2v) is 7.03. The van der Waals surface area contributed by atoms with Gasteiger partial charge < -0.3 is 5.32 Å². The highest BCUT2D eigenvalue weighted by atomic mass is 32.2. The molecule has 8 heteroatoms. The molecule has 1 aromatic heterocycles. The van der Waals surface area contributed by atoms with Crippen LogP contribution in [0.15, 0.2) is 29.4 Å². The highest BCUT2D eigenvalue weighted by Gasteiger charge is 2.15. The summed E-state index contributed by atoms with van der Waals surface area (Å²) in [6.45, 7) is 8.36. The molecule has 2 rings (SSSR count). The lowest BCUT2D eigenvalue weighted by Gasteiger charge is -2.11. The second kappa shape index (κ2) is 8.66. The van der Waals surface area contributed by atoms with Crippen molar-refractivity contribution in [2.45, 2.75) is 32.9 Å². The van der Waals surface area contributed by atoms with Gasteiger partial charge in [0.25, 0.3) is 0 Å². The van der Waals surface area contributed by atoms with Crippen molar-refractivity contribution in [3.63, 3.8) is 0 Å². The van der Waals surface area contributed by atoms with Gasteiger partial charge in [0.1, 0.15) is 5.82 Å². The van der Waals surface area contributed by atoms with Crippen molar-refractivity contribution in [2.24, 2.45) is 5.92 Å². The van der Waals surface area contributed by atoms with E-state index >= 15 is 0 Å². The number of carbonyl (C=O) groups is 2. The van der Waals surface area contributed by atoms with Crippen molar-refractivity contribution in [1.29, 1.82) is 0 Å². The van der Waals surface area contributed by atoms with Crippen LogP contribution in [0.3, 0.4) is 0 Å². The minimum atomic E-state index is -0.476. The molecule has 2 N–H and O–H groups in total. The number of amides is 3. The van der Waals surface area contributed by atoms with Crippen molar-refractivity contribution < 1.29 is 9.59 Å². The number of para-hydroxylation sites is 1. The maximum atomic E-state index is 11.9. The number of aryl methyl sites for hydroxylation is 2. The van der Waals surface area contributed by atoms with Crippen molar-refractivity contribution in [1.82, 2.24) is 25.4 Å². The lowest BCUT2D eigenvalue weighted by molar-refractivity contribution is -0.117. The van der Waals surface area contributed by atoms with Crippen molar-refractivity contribution >= 4 is 23.7 Å². The maximum absolute atomic E-state index is 11.9. The average molecular weight is 361 g/mol. The van der Waals surface area contributed by atoms with E-state index in [1.807, 2.05) is 56.5 Å². The molecule has 25 heavy (non-hydrogen) atoms. The van der Waals surface area contributed by atoms with E-state index < -0.39 is 6.03 Å². The van der Waals surface area contributed by atoms with Crippen molar-refractivity contribution in [3.05, 3.63) is 35.7 Å². The third-order valence-corrected chi connectivity index (χ3v) is 4.34. The van der Waals surface area contributed by atoms with Crippen LogP contribution in [-0.2, 0) is 4.79 Å². The van der Waals surface area contributed by atoms with Crippen LogP contribution >= 0.6 is 11.8 Å². The van der Waals surface area contributed by atoms with E-state index in [-0.39, 0.29) is 11.7 Å². The second-order valence-electron chi connectivity index (χ2n) is 6.09. The first-order valence-corrected chi connectivity index (χ1v) is 9.05. The van der Waals surface area contributed by atoms with Crippen LogP contribution in [-0.4, -0.2) is 39.0 Å². The number of hydrogen-bond acceptors (Lipinski definition) is 5. The lowest BCUT2D eigenvalue weighted by Crippen LogP contribution is -2.41. The topological polar surface area (TPSA) is 88.9 Å². The zero-order valence-electron chi connectivity index (χ0n) is 14.9.